The molecule has 0 aliphatic carbocycles. The van der Waals surface area contributed by atoms with Gasteiger partial charge in [0.25, 0.3) is 5.91 Å². The molecule has 7 nitrogen and oxygen atoms in total. The Hall–Kier alpha value is -2.35. The van der Waals surface area contributed by atoms with Crippen molar-refractivity contribution < 1.29 is 14.6 Å². The molecule has 23 heavy (non-hydrogen) atoms. The van der Waals surface area contributed by atoms with Crippen molar-refractivity contribution in [1.29, 1.82) is 0 Å². The molecule has 1 saturated heterocycles. The average Bonchev–Trinajstić information content (AvgIpc) is 3.00. The van der Waals surface area contributed by atoms with E-state index >= 15 is 0 Å². The van der Waals surface area contributed by atoms with Gasteiger partial charge in [-0.3, -0.25) is 4.79 Å². The summed E-state index contributed by atoms with van der Waals surface area (Å²) < 4.78 is 5.04. The Labute approximate surface area is 138 Å². The normalized spacial score (nSPS) is 14.9. The molecular formula is C15H18N4O3S. The highest BCUT2D eigenvalue weighted by molar-refractivity contribution is 7.15. The number of hydrogen-bond acceptors (Lipinski definition) is 7. The summed E-state index contributed by atoms with van der Waals surface area (Å²) in [5.41, 5.74) is 0.297. The first-order valence-electron chi connectivity index (χ1n) is 7.30. The van der Waals surface area contributed by atoms with Gasteiger partial charge in [-0.1, -0.05) is 11.3 Å². The van der Waals surface area contributed by atoms with Crippen LogP contribution in [0.5, 0.6) is 11.5 Å². The predicted molar refractivity (Wildman–Crippen MR) is 87.4 cm³/mol. The van der Waals surface area contributed by atoms with Crippen molar-refractivity contribution in [2.24, 2.45) is 0 Å². The van der Waals surface area contributed by atoms with Crippen molar-refractivity contribution >= 4 is 22.4 Å². The van der Waals surface area contributed by atoms with Gasteiger partial charge in [0, 0.05) is 32.2 Å². The van der Waals surface area contributed by atoms with Crippen LogP contribution in [0.1, 0.15) is 15.4 Å². The number of piperazine rings is 1. The van der Waals surface area contributed by atoms with Gasteiger partial charge >= 0.3 is 0 Å². The molecule has 122 valence electrons. The number of phenolic OH excluding ortho intramolecular Hbond substituents is 1. The van der Waals surface area contributed by atoms with Gasteiger partial charge in [0.05, 0.1) is 12.7 Å². The van der Waals surface area contributed by atoms with E-state index in [2.05, 4.69) is 15.1 Å². The van der Waals surface area contributed by atoms with Gasteiger partial charge in [-0.05, 0) is 19.1 Å². The van der Waals surface area contributed by atoms with Gasteiger partial charge in [-0.2, -0.15) is 0 Å². The molecule has 1 aromatic heterocycles. The summed E-state index contributed by atoms with van der Waals surface area (Å²) in [6, 6.07) is 4.72. The van der Waals surface area contributed by atoms with Gasteiger partial charge < -0.3 is 19.6 Å². The van der Waals surface area contributed by atoms with Gasteiger partial charge in [-0.25, -0.2) is 0 Å². The molecule has 3 rings (SSSR count). The maximum atomic E-state index is 12.5. The standard InChI is InChI=1S/C15H18N4O3S/c1-10-16-17-15(23-10)19-7-5-18(6-8-19)14(21)12-4-3-11(22-2)9-13(12)20/h3-4,9,20H,5-8H2,1-2H3. The molecule has 8 heteroatoms. The largest absolute Gasteiger partial charge is 0.507 e. The molecule has 1 fully saturated rings. The summed E-state index contributed by atoms with van der Waals surface area (Å²) in [7, 11) is 1.52. The second-order valence-electron chi connectivity index (χ2n) is 5.27. The lowest BCUT2D eigenvalue weighted by Crippen LogP contribution is -2.48. The number of rotatable bonds is 3. The first-order valence-corrected chi connectivity index (χ1v) is 8.11. The number of aromatic hydroxyl groups is 1. The first kappa shape index (κ1) is 15.5. The Kier molecular flexibility index (Phi) is 4.33. The molecule has 0 bridgehead atoms. The molecule has 2 aromatic rings. The van der Waals surface area contributed by atoms with Crippen LogP contribution in [-0.4, -0.2) is 59.4 Å². The minimum absolute atomic E-state index is 0.0588. The van der Waals surface area contributed by atoms with Gasteiger partial charge in [-0.15, -0.1) is 10.2 Å². The quantitative estimate of drug-likeness (QED) is 0.917. The third-order valence-electron chi connectivity index (χ3n) is 3.79. The smallest absolute Gasteiger partial charge is 0.257 e. The van der Waals surface area contributed by atoms with Crippen LogP contribution in [0.4, 0.5) is 5.13 Å². The third kappa shape index (κ3) is 3.21. The minimum Gasteiger partial charge on any atom is -0.507 e. The van der Waals surface area contributed by atoms with E-state index in [1.807, 2.05) is 6.92 Å². The van der Waals surface area contributed by atoms with Crippen molar-refractivity contribution in [1.82, 2.24) is 15.1 Å². The van der Waals surface area contributed by atoms with Crippen molar-refractivity contribution in [3.8, 4) is 11.5 Å². The highest BCUT2D eigenvalue weighted by atomic mass is 32.1. The number of carbonyl (C=O) groups is 1. The predicted octanol–water partition coefficient (Wildman–Crippen LogP) is 1.52. The molecule has 0 atom stereocenters. The van der Waals surface area contributed by atoms with E-state index in [0.717, 1.165) is 10.1 Å². The van der Waals surface area contributed by atoms with Crippen molar-refractivity contribution in [2.75, 3.05) is 38.2 Å². The molecule has 0 saturated carbocycles. The fourth-order valence-corrected chi connectivity index (χ4v) is 3.24. The Morgan fingerprint density at radius 2 is 2.00 bits per heavy atom. The lowest BCUT2D eigenvalue weighted by atomic mass is 10.1. The number of nitrogens with zero attached hydrogens (tertiary/aromatic N) is 4. The average molecular weight is 334 g/mol. The molecule has 0 radical (unpaired) electrons. The van der Waals surface area contributed by atoms with E-state index in [-0.39, 0.29) is 11.7 Å². The van der Waals surface area contributed by atoms with E-state index in [1.165, 1.54) is 13.2 Å². The molecule has 1 aliphatic heterocycles. The molecule has 2 heterocycles. The van der Waals surface area contributed by atoms with Gasteiger partial charge in [0.2, 0.25) is 5.13 Å². The molecule has 0 unspecified atom stereocenters. The number of aromatic nitrogens is 2. The van der Waals surface area contributed by atoms with Crippen LogP contribution >= 0.6 is 11.3 Å². The summed E-state index contributed by atoms with van der Waals surface area (Å²) in [6.07, 6.45) is 0. The molecule has 1 aromatic carbocycles. The Balaban J connectivity index is 1.66. The molecule has 1 N–H and O–H groups in total. The maximum absolute atomic E-state index is 12.5. The van der Waals surface area contributed by atoms with E-state index in [4.69, 9.17) is 4.74 Å². The summed E-state index contributed by atoms with van der Waals surface area (Å²) in [6.45, 7) is 4.51. The van der Waals surface area contributed by atoms with Crippen LogP contribution < -0.4 is 9.64 Å². The Morgan fingerprint density at radius 3 is 2.57 bits per heavy atom. The van der Waals surface area contributed by atoms with Crippen LogP contribution in [0, 0.1) is 6.92 Å². The van der Waals surface area contributed by atoms with E-state index in [0.29, 0.717) is 37.5 Å². The van der Waals surface area contributed by atoms with E-state index in [1.54, 1.807) is 28.4 Å². The highest BCUT2D eigenvalue weighted by Gasteiger charge is 2.25. The maximum Gasteiger partial charge on any atom is 0.257 e. The van der Waals surface area contributed by atoms with Crippen LogP contribution in [0.3, 0.4) is 0 Å². The molecule has 0 spiro atoms. The Bertz CT molecular complexity index is 710. The van der Waals surface area contributed by atoms with Gasteiger partial charge in [0.1, 0.15) is 16.5 Å². The monoisotopic (exact) mass is 334 g/mol. The summed E-state index contributed by atoms with van der Waals surface area (Å²) in [5.74, 6) is 0.297. The number of aryl methyl sites for hydroxylation is 1. The van der Waals surface area contributed by atoms with Crippen LogP contribution in [0.25, 0.3) is 0 Å². The lowest BCUT2D eigenvalue weighted by molar-refractivity contribution is 0.0743. The van der Waals surface area contributed by atoms with Crippen LogP contribution in [-0.2, 0) is 0 Å². The zero-order chi connectivity index (χ0) is 16.4. The zero-order valence-electron chi connectivity index (χ0n) is 13.0. The van der Waals surface area contributed by atoms with Gasteiger partial charge in [0.15, 0.2) is 0 Å². The number of carbonyl (C=O) groups excluding carboxylic acids is 1. The number of ether oxygens (including phenoxy) is 1. The van der Waals surface area contributed by atoms with Crippen molar-refractivity contribution in [2.45, 2.75) is 6.92 Å². The summed E-state index contributed by atoms with van der Waals surface area (Å²) >= 11 is 1.55. The number of methoxy groups -OCH3 is 1. The second-order valence-corrected chi connectivity index (χ2v) is 6.43. The Morgan fingerprint density at radius 1 is 1.26 bits per heavy atom. The minimum atomic E-state index is -0.168. The SMILES string of the molecule is COc1ccc(C(=O)N2CCN(c3nnc(C)s3)CC2)c(O)c1. The summed E-state index contributed by atoms with van der Waals surface area (Å²) in [4.78, 5) is 16.4. The summed E-state index contributed by atoms with van der Waals surface area (Å²) in [5, 5.41) is 20.0. The highest BCUT2D eigenvalue weighted by Crippen LogP contribution is 2.26. The van der Waals surface area contributed by atoms with Crippen LogP contribution in [0.2, 0.25) is 0 Å². The fourth-order valence-electron chi connectivity index (χ4n) is 2.50. The third-order valence-corrected chi connectivity index (χ3v) is 4.69. The number of hydrogen-bond donors (Lipinski definition) is 1. The number of phenols is 1. The first-order chi connectivity index (χ1) is 11.1. The van der Waals surface area contributed by atoms with E-state index in [9.17, 15) is 9.90 Å². The van der Waals surface area contributed by atoms with Crippen molar-refractivity contribution in [3.05, 3.63) is 28.8 Å². The second kappa shape index (κ2) is 6.41. The molecular weight excluding hydrogens is 316 g/mol. The number of amides is 1. The van der Waals surface area contributed by atoms with E-state index < -0.39 is 0 Å². The fraction of sp³-hybridized carbons (Fsp3) is 0.400. The van der Waals surface area contributed by atoms with Crippen LogP contribution in [0.15, 0.2) is 18.2 Å². The molecule has 1 aliphatic rings. The zero-order valence-corrected chi connectivity index (χ0v) is 13.8. The molecule has 1 amide bonds. The van der Waals surface area contributed by atoms with Crippen molar-refractivity contribution in [3.63, 3.8) is 0 Å². The number of benzene rings is 1. The lowest BCUT2D eigenvalue weighted by Gasteiger charge is -2.34. The number of anilines is 1. The topological polar surface area (TPSA) is 78.8 Å².